The summed E-state index contributed by atoms with van der Waals surface area (Å²) in [6, 6.07) is 11.4. The minimum atomic E-state index is -0.545. The normalized spacial score (nSPS) is 10.2. The Labute approximate surface area is 170 Å². The Morgan fingerprint density at radius 2 is 1.89 bits per heavy atom. The molecule has 28 heavy (non-hydrogen) atoms. The van der Waals surface area contributed by atoms with Crippen LogP contribution in [0.3, 0.4) is 0 Å². The first kappa shape index (κ1) is 19.5. The fourth-order valence-electron chi connectivity index (χ4n) is 2.50. The van der Waals surface area contributed by atoms with Crippen molar-refractivity contribution in [1.82, 2.24) is 9.55 Å². The van der Waals surface area contributed by atoms with E-state index in [-0.39, 0.29) is 22.0 Å². The molecule has 2 aromatic carbocycles. The van der Waals surface area contributed by atoms with Gasteiger partial charge in [0.1, 0.15) is 5.56 Å². The zero-order valence-corrected chi connectivity index (χ0v) is 16.2. The van der Waals surface area contributed by atoms with E-state index in [1.54, 1.807) is 42.5 Å². The van der Waals surface area contributed by atoms with Crippen LogP contribution in [-0.2, 0) is 0 Å². The van der Waals surface area contributed by atoms with Crippen molar-refractivity contribution in [2.24, 2.45) is 0 Å². The number of aromatic hydroxyl groups is 2. The smallest absolute Gasteiger partial charge is 0.263 e. The van der Waals surface area contributed by atoms with Gasteiger partial charge in [-0.3, -0.25) is 14.3 Å². The number of nitrogens with one attached hydrogen (secondary N) is 1. The Kier molecular flexibility index (Phi) is 5.70. The van der Waals surface area contributed by atoms with Crippen LogP contribution in [-0.4, -0.2) is 26.9 Å². The number of phenols is 1. The van der Waals surface area contributed by atoms with E-state index < -0.39 is 5.56 Å². The van der Waals surface area contributed by atoms with E-state index in [4.69, 9.17) is 28.6 Å². The molecule has 0 saturated heterocycles. The highest BCUT2D eigenvalue weighted by molar-refractivity contribution is 7.71. The first-order valence-corrected chi connectivity index (χ1v) is 8.83. The highest BCUT2D eigenvalue weighted by atomic mass is 35.5. The van der Waals surface area contributed by atoms with Gasteiger partial charge in [-0.25, -0.2) is 0 Å². The maximum Gasteiger partial charge on any atom is 0.263 e. The Hall–Kier alpha value is -3.25. The number of halogens is 1. The SMILES string of the molecule is COc1cc(C=C=Cc2c(O)n(-c3ccc(Cl)cc3)c(=S)[nH]c2=O)ccc1O. The molecule has 142 valence electrons. The molecule has 3 rings (SSSR count). The average molecular weight is 415 g/mol. The van der Waals surface area contributed by atoms with Crippen molar-refractivity contribution < 1.29 is 14.9 Å². The van der Waals surface area contributed by atoms with Gasteiger partial charge in [0.2, 0.25) is 5.88 Å². The number of phenolic OH excluding ortho intramolecular Hbond substituents is 1. The van der Waals surface area contributed by atoms with Crippen LogP contribution in [0.2, 0.25) is 5.02 Å². The number of benzene rings is 2. The van der Waals surface area contributed by atoms with E-state index in [0.717, 1.165) is 0 Å². The number of methoxy groups -OCH3 is 1. The van der Waals surface area contributed by atoms with Crippen LogP contribution in [0.1, 0.15) is 11.1 Å². The van der Waals surface area contributed by atoms with Gasteiger partial charge in [-0.1, -0.05) is 17.7 Å². The van der Waals surface area contributed by atoms with Crippen LogP contribution in [0, 0.1) is 4.77 Å². The van der Waals surface area contributed by atoms with Gasteiger partial charge in [-0.15, -0.1) is 5.73 Å². The molecule has 0 saturated carbocycles. The molecule has 0 unspecified atom stereocenters. The van der Waals surface area contributed by atoms with Crippen LogP contribution in [0.5, 0.6) is 17.4 Å². The highest BCUT2D eigenvalue weighted by Gasteiger charge is 2.11. The van der Waals surface area contributed by atoms with E-state index in [1.165, 1.54) is 23.8 Å². The second kappa shape index (κ2) is 8.19. The lowest BCUT2D eigenvalue weighted by Gasteiger charge is -2.11. The molecule has 0 aliphatic rings. The number of hydrogen-bond acceptors (Lipinski definition) is 5. The Bertz CT molecular complexity index is 1210. The molecular weight excluding hydrogens is 400 g/mol. The lowest BCUT2D eigenvalue weighted by atomic mass is 10.2. The molecule has 0 bridgehead atoms. The number of nitrogens with zero attached hydrogens (tertiary/aromatic N) is 1. The summed E-state index contributed by atoms with van der Waals surface area (Å²) < 4.78 is 6.42. The van der Waals surface area contributed by atoms with Crippen LogP contribution in [0.4, 0.5) is 0 Å². The summed E-state index contributed by atoms with van der Waals surface area (Å²) in [5, 5.41) is 20.8. The molecule has 0 atom stereocenters. The van der Waals surface area contributed by atoms with E-state index in [2.05, 4.69) is 10.7 Å². The maximum absolute atomic E-state index is 12.2. The topological polar surface area (TPSA) is 87.5 Å². The summed E-state index contributed by atoms with van der Waals surface area (Å²) in [6.07, 6.45) is 2.92. The third-order valence-corrected chi connectivity index (χ3v) is 4.42. The Morgan fingerprint density at radius 1 is 1.18 bits per heavy atom. The zero-order valence-electron chi connectivity index (χ0n) is 14.6. The first-order chi connectivity index (χ1) is 13.4. The Morgan fingerprint density at radius 3 is 2.57 bits per heavy atom. The lowest BCUT2D eigenvalue weighted by Crippen LogP contribution is -2.15. The van der Waals surface area contributed by atoms with E-state index in [9.17, 15) is 15.0 Å². The fraction of sp³-hybridized carbons (Fsp3) is 0.0500. The molecule has 1 aromatic heterocycles. The van der Waals surface area contributed by atoms with Gasteiger partial charge >= 0.3 is 0 Å². The standard InChI is InChI=1S/C20H15ClN2O4S/c1-27-17-11-12(5-10-16(17)24)3-2-4-15-18(25)22-20(28)23(19(15)26)14-8-6-13(21)7-9-14/h3-11,24,26H,1H3,(H,22,25,28). The predicted molar refractivity (Wildman–Crippen MR) is 111 cm³/mol. The van der Waals surface area contributed by atoms with Crippen molar-refractivity contribution in [2.45, 2.75) is 0 Å². The molecule has 0 spiro atoms. The third-order valence-electron chi connectivity index (χ3n) is 3.89. The summed E-state index contributed by atoms with van der Waals surface area (Å²) in [4.78, 5) is 14.8. The number of aromatic amines is 1. The third kappa shape index (κ3) is 4.02. The molecular formula is C20H15ClN2O4S. The van der Waals surface area contributed by atoms with Crippen molar-refractivity contribution in [2.75, 3.05) is 7.11 Å². The summed E-state index contributed by atoms with van der Waals surface area (Å²) in [6.45, 7) is 0. The second-order valence-corrected chi connectivity index (χ2v) is 6.52. The molecule has 3 aromatic rings. The van der Waals surface area contributed by atoms with Crippen molar-refractivity contribution in [3.05, 3.63) is 79.5 Å². The minimum absolute atomic E-state index is 0.00876. The van der Waals surface area contributed by atoms with Crippen molar-refractivity contribution in [1.29, 1.82) is 0 Å². The quantitative estimate of drug-likeness (QED) is 0.437. The fourth-order valence-corrected chi connectivity index (χ4v) is 2.91. The van der Waals surface area contributed by atoms with Gasteiger partial charge in [0, 0.05) is 5.02 Å². The first-order valence-electron chi connectivity index (χ1n) is 8.04. The second-order valence-electron chi connectivity index (χ2n) is 5.70. The van der Waals surface area contributed by atoms with Crippen molar-refractivity contribution in [3.8, 4) is 23.1 Å². The summed E-state index contributed by atoms with van der Waals surface area (Å²) in [5.74, 6) is 0.00954. The van der Waals surface area contributed by atoms with Gasteiger partial charge < -0.3 is 14.9 Å². The van der Waals surface area contributed by atoms with E-state index >= 15 is 0 Å². The van der Waals surface area contributed by atoms with Crippen LogP contribution < -0.4 is 10.3 Å². The van der Waals surface area contributed by atoms with E-state index in [0.29, 0.717) is 22.0 Å². The van der Waals surface area contributed by atoms with Gasteiger partial charge in [0.25, 0.3) is 5.56 Å². The van der Waals surface area contributed by atoms with Crippen molar-refractivity contribution >= 4 is 36.0 Å². The number of ether oxygens (including phenoxy) is 1. The van der Waals surface area contributed by atoms with E-state index in [1.807, 2.05) is 0 Å². The molecule has 0 aliphatic carbocycles. The molecule has 0 amide bonds. The molecule has 0 aliphatic heterocycles. The predicted octanol–water partition coefficient (Wildman–Crippen LogP) is 4.29. The average Bonchev–Trinajstić information content (AvgIpc) is 2.67. The van der Waals surface area contributed by atoms with Crippen LogP contribution in [0.15, 0.2) is 53.0 Å². The Balaban J connectivity index is 2.06. The summed E-state index contributed by atoms with van der Waals surface area (Å²) >= 11 is 11.1. The summed E-state index contributed by atoms with van der Waals surface area (Å²) in [5.41, 5.74) is 3.52. The minimum Gasteiger partial charge on any atom is -0.504 e. The molecule has 3 N–H and O–H groups in total. The lowest BCUT2D eigenvalue weighted by molar-refractivity contribution is 0.373. The molecule has 0 radical (unpaired) electrons. The van der Waals surface area contributed by atoms with Gasteiger partial charge in [-0.05, 0) is 66.3 Å². The molecule has 0 fully saturated rings. The van der Waals surface area contributed by atoms with Crippen LogP contribution >= 0.6 is 23.8 Å². The van der Waals surface area contributed by atoms with Crippen molar-refractivity contribution in [3.63, 3.8) is 0 Å². The number of aromatic nitrogens is 2. The van der Waals surface area contributed by atoms with Crippen LogP contribution in [0.25, 0.3) is 17.8 Å². The zero-order chi connectivity index (χ0) is 20.3. The highest BCUT2D eigenvalue weighted by Crippen LogP contribution is 2.27. The number of hydrogen-bond donors (Lipinski definition) is 3. The van der Waals surface area contributed by atoms with Gasteiger partial charge in [-0.2, -0.15) is 0 Å². The number of rotatable bonds is 4. The summed E-state index contributed by atoms with van der Waals surface area (Å²) in [7, 11) is 1.45. The van der Waals surface area contributed by atoms with Gasteiger partial charge in [0.05, 0.1) is 12.8 Å². The largest absolute Gasteiger partial charge is 0.504 e. The monoisotopic (exact) mass is 414 g/mol. The number of H-pyrrole nitrogens is 1. The molecule has 6 nitrogen and oxygen atoms in total. The molecule has 8 heteroatoms. The van der Waals surface area contributed by atoms with Gasteiger partial charge in [0.15, 0.2) is 16.3 Å². The molecule has 1 heterocycles. The maximum atomic E-state index is 12.2.